The van der Waals surface area contributed by atoms with Gasteiger partial charge in [-0.2, -0.15) is 0 Å². The Balaban J connectivity index is 0. The zero-order chi connectivity index (χ0) is 22.9. The van der Waals surface area contributed by atoms with Crippen LogP contribution in [0.2, 0.25) is 0 Å². The van der Waals surface area contributed by atoms with Gasteiger partial charge in [0.2, 0.25) is 0 Å². The zero-order valence-corrected chi connectivity index (χ0v) is 24.6. The summed E-state index contributed by atoms with van der Waals surface area (Å²) in [5.41, 5.74) is 6.07. The molecular formula is C30H64BrN. The van der Waals surface area contributed by atoms with E-state index in [2.05, 4.69) is 20.8 Å². The topological polar surface area (TPSA) is 26.0 Å². The molecule has 2 N–H and O–H groups in total. The van der Waals surface area contributed by atoms with Crippen molar-refractivity contribution in [3.63, 3.8) is 0 Å². The van der Waals surface area contributed by atoms with Crippen LogP contribution in [0.4, 0.5) is 0 Å². The molecule has 0 spiro atoms. The molecule has 0 aromatic heterocycles. The fraction of sp³-hybridized carbons (Fsp3) is 1.00. The van der Waals surface area contributed by atoms with Gasteiger partial charge in [0, 0.05) is 5.54 Å². The van der Waals surface area contributed by atoms with E-state index in [9.17, 15) is 0 Å². The quantitative estimate of drug-likeness (QED) is 0.113. The Morgan fingerprint density at radius 1 is 0.375 bits per heavy atom. The molecular weight excluding hydrogens is 454 g/mol. The van der Waals surface area contributed by atoms with E-state index in [0.29, 0.717) is 0 Å². The molecule has 0 heterocycles. The maximum absolute atomic E-state index is 6.03. The largest absolute Gasteiger partial charge is 0.326 e. The SMILES string of the molecule is Br.CCCCCCCCCCCCCCCCCCCCCCCCCCCC(C)(C)N. The predicted octanol–water partition coefficient (Wildman–Crippen LogP) is 11.5. The summed E-state index contributed by atoms with van der Waals surface area (Å²) in [4.78, 5) is 0. The van der Waals surface area contributed by atoms with Crippen LogP contribution in [-0.4, -0.2) is 5.54 Å². The molecule has 32 heavy (non-hydrogen) atoms. The van der Waals surface area contributed by atoms with Crippen molar-refractivity contribution < 1.29 is 0 Å². The average molecular weight is 519 g/mol. The molecule has 0 aliphatic heterocycles. The van der Waals surface area contributed by atoms with Gasteiger partial charge in [0.05, 0.1) is 0 Å². The highest BCUT2D eigenvalue weighted by Gasteiger charge is 2.08. The van der Waals surface area contributed by atoms with Gasteiger partial charge in [-0.3, -0.25) is 0 Å². The maximum atomic E-state index is 6.03. The second-order valence-corrected chi connectivity index (χ2v) is 11.2. The summed E-state index contributed by atoms with van der Waals surface area (Å²) in [7, 11) is 0. The number of halogens is 1. The molecule has 0 aromatic rings. The third-order valence-corrected chi connectivity index (χ3v) is 6.92. The molecule has 0 atom stereocenters. The summed E-state index contributed by atoms with van der Waals surface area (Å²) in [5.74, 6) is 0. The van der Waals surface area contributed by atoms with E-state index < -0.39 is 0 Å². The molecule has 0 unspecified atom stereocenters. The molecule has 1 nitrogen and oxygen atoms in total. The van der Waals surface area contributed by atoms with E-state index in [1.54, 1.807) is 0 Å². The Hall–Kier alpha value is 0.440. The van der Waals surface area contributed by atoms with E-state index >= 15 is 0 Å². The van der Waals surface area contributed by atoms with E-state index in [0.717, 1.165) is 0 Å². The standard InChI is InChI=1S/C30H63N.BrH/c1-4-5-6-7-8-9-10-11-12-13-14-15-16-17-18-19-20-21-22-23-24-25-26-27-28-29-30(2,3)31;/h4-29,31H2,1-3H3;1H. The highest BCUT2D eigenvalue weighted by molar-refractivity contribution is 8.93. The predicted molar refractivity (Wildman–Crippen MR) is 154 cm³/mol. The van der Waals surface area contributed by atoms with Gasteiger partial charge < -0.3 is 5.73 Å². The molecule has 2 heteroatoms. The Kier molecular flexibility index (Phi) is 29.9. The first-order chi connectivity index (χ1) is 15.1. The third-order valence-electron chi connectivity index (χ3n) is 6.92. The van der Waals surface area contributed by atoms with Gasteiger partial charge >= 0.3 is 0 Å². The Morgan fingerprint density at radius 2 is 0.562 bits per heavy atom. The average Bonchev–Trinajstić information content (AvgIpc) is 2.73. The van der Waals surface area contributed by atoms with Gasteiger partial charge in [-0.25, -0.2) is 0 Å². The molecule has 0 aliphatic carbocycles. The molecule has 0 saturated heterocycles. The van der Waals surface area contributed by atoms with Crippen molar-refractivity contribution in [2.24, 2.45) is 5.73 Å². The lowest BCUT2D eigenvalue weighted by Gasteiger charge is -2.17. The van der Waals surface area contributed by atoms with Crippen LogP contribution < -0.4 is 5.73 Å². The van der Waals surface area contributed by atoms with Crippen molar-refractivity contribution in [3.8, 4) is 0 Å². The van der Waals surface area contributed by atoms with Gasteiger partial charge in [-0.05, 0) is 20.3 Å². The number of unbranched alkanes of at least 4 members (excludes halogenated alkanes) is 24. The van der Waals surface area contributed by atoms with Crippen molar-refractivity contribution in [3.05, 3.63) is 0 Å². The third kappa shape index (κ3) is 32.6. The van der Waals surface area contributed by atoms with Crippen LogP contribution in [0.1, 0.15) is 188 Å². The number of nitrogens with two attached hydrogens (primary N) is 1. The molecule has 0 bridgehead atoms. The first-order valence-electron chi connectivity index (χ1n) is 14.8. The van der Waals surface area contributed by atoms with Crippen LogP contribution >= 0.6 is 17.0 Å². The summed E-state index contributed by atoms with van der Waals surface area (Å²) in [6.45, 7) is 6.59. The van der Waals surface area contributed by atoms with Crippen LogP contribution in [0.3, 0.4) is 0 Å². The normalized spacial score (nSPS) is 11.6. The van der Waals surface area contributed by atoms with Crippen molar-refractivity contribution in [1.82, 2.24) is 0 Å². The van der Waals surface area contributed by atoms with Crippen LogP contribution in [0.15, 0.2) is 0 Å². The Labute approximate surface area is 215 Å². The number of rotatable bonds is 26. The Morgan fingerprint density at radius 3 is 0.750 bits per heavy atom. The molecule has 0 aliphatic rings. The number of hydrogen-bond donors (Lipinski definition) is 1. The first kappa shape index (κ1) is 34.6. The Bertz CT molecular complexity index is 323. The zero-order valence-electron chi connectivity index (χ0n) is 22.9. The summed E-state index contributed by atoms with van der Waals surface area (Å²) in [6, 6.07) is 0. The molecule has 196 valence electrons. The van der Waals surface area contributed by atoms with Crippen molar-refractivity contribution in [1.29, 1.82) is 0 Å². The van der Waals surface area contributed by atoms with Crippen molar-refractivity contribution in [2.45, 2.75) is 193 Å². The van der Waals surface area contributed by atoms with Crippen LogP contribution in [0, 0.1) is 0 Å². The van der Waals surface area contributed by atoms with Crippen molar-refractivity contribution >= 4 is 17.0 Å². The maximum Gasteiger partial charge on any atom is 0.00970 e. The van der Waals surface area contributed by atoms with Crippen LogP contribution in [-0.2, 0) is 0 Å². The lowest BCUT2D eigenvalue weighted by atomic mass is 9.97. The molecule has 0 amide bonds. The van der Waals surface area contributed by atoms with Crippen LogP contribution in [0.25, 0.3) is 0 Å². The highest BCUT2D eigenvalue weighted by Crippen LogP contribution is 2.16. The lowest BCUT2D eigenvalue weighted by Crippen LogP contribution is -2.31. The van der Waals surface area contributed by atoms with Gasteiger partial charge in [-0.1, -0.05) is 167 Å². The minimum absolute atomic E-state index is 0. The summed E-state index contributed by atoms with van der Waals surface area (Å²) < 4.78 is 0. The second-order valence-electron chi connectivity index (χ2n) is 11.2. The molecule has 0 saturated carbocycles. The van der Waals surface area contributed by atoms with E-state index in [1.165, 1.54) is 167 Å². The molecule has 0 rings (SSSR count). The van der Waals surface area contributed by atoms with Crippen molar-refractivity contribution in [2.75, 3.05) is 0 Å². The van der Waals surface area contributed by atoms with E-state index in [-0.39, 0.29) is 22.5 Å². The van der Waals surface area contributed by atoms with Gasteiger partial charge in [-0.15, -0.1) is 17.0 Å². The van der Waals surface area contributed by atoms with E-state index in [1.807, 2.05) is 0 Å². The summed E-state index contributed by atoms with van der Waals surface area (Å²) >= 11 is 0. The molecule has 0 aromatic carbocycles. The minimum Gasteiger partial charge on any atom is -0.326 e. The monoisotopic (exact) mass is 517 g/mol. The van der Waals surface area contributed by atoms with Gasteiger partial charge in [0.25, 0.3) is 0 Å². The fourth-order valence-electron chi connectivity index (χ4n) is 4.72. The summed E-state index contributed by atoms with van der Waals surface area (Å²) in [6.07, 6.45) is 37.6. The molecule has 0 radical (unpaired) electrons. The fourth-order valence-corrected chi connectivity index (χ4v) is 4.72. The second kappa shape index (κ2) is 27.7. The highest BCUT2D eigenvalue weighted by atomic mass is 79.9. The van der Waals surface area contributed by atoms with Gasteiger partial charge in [0.15, 0.2) is 0 Å². The van der Waals surface area contributed by atoms with Gasteiger partial charge in [0.1, 0.15) is 0 Å². The first-order valence-corrected chi connectivity index (χ1v) is 14.8. The smallest absolute Gasteiger partial charge is 0.00970 e. The summed E-state index contributed by atoms with van der Waals surface area (Å²) in [5, 5.41) is 0. The van der Waals surface area contributed by atoms with Crippen LogP contribution in [0.5, 0.6) is 0 Å². The lowest BCUT2D eigenvalue weighted by molar-refractivity contribution is 0.440. The number of hydrogen-bond acceptors (Lipinski definition) is 1. The molecule has 0 fully saturated rings. The van der Waals surface area contributed by atoms with E-state index in [4.69, 9.17) is 5.73 Å². The minimum atomic E-state index is 0.